The van der Waals surface area contributed by atoms with Crippen LogP contribution in [-0.4, -0.2) is 37.9 Å². The van der Waals surface area contributed by atoms with Gasteiger partial charge in [0.2, 0.25) is 17.8 Å². The molecule has 0 bridgehead atoms. The molecule has 4 N–H and O–H groups in total. The predicted octanol–water partition coefficient (Wildman–Crippen LogP) is -0.742. The Labute approximate surface area is 113 Å². The number of anilines is 1. The number of carbonyl (C=O) groups is 2. The van der Waals surface area contributed by atoms with Crippen molar-refractivity contribution in [2.24, 2.45) is 0 Å². The smallest absolute Gasteiger partial charge is 0.289 e. The highest BCUT2D eigenvalue weighted by Crippen LogP contribution is 2.03. The van der Waals surface area contributed by atoms with Crippen LogP contribution in [0.2, 0.25) is 0 Å². The number of hydrogen-bond acceptors (Lipinski definition) is 6. The molecule has 1 amide bonds. The Morgan fingerprint density at radius 1 is 1.45 bits per heavy atom. The van der Waals surface area contributed by atoms with E-state index in [2.05, 4.69) is 20.3 Å². The van der Waals surface area contributed by atoms with E-state index in [-0.39, 0.29) is 23.0 Å². The minimum absolute atomic E-state index is 0.106. The summed E-state index contributed by atoms with van der Waals surface area (Å²) in [5, 5.41) is 2.68. The van der Waals surface area contributed by atoms with E-state index in [1.807, 2.05) is 0 Å². The first-order chi connectivity index (χ1) is 9.50. The molecule has 106 valence electrons. The molecule has 0 aliphatic carbocycles. The van der Waals surface area contributed by atoms with Crippen molar-refractivity contribution in [3.8, 4) is 0 Å². The van der Waals surface area contributed by atoms with Gasteiger partial charge in [0.15, 0.2) is 11.2 Å². The van der Waals surface area contributed by atoms with E-state index in [1.165, 1.54) is 13.3 Å². The van der Waals surface area contributed by atoms with Crippen LogP contribution in [0.3, 0.4) is 0 Å². The first kappa shape index (κ1) is 13.7. The van der Waals surface area contributed by atoms with E-state index in [9.17, 15) is 14.4 Å². The molecule has 2 aromatic heterocycles. The molecule has 9 heteroatoms. The van der Waals surface area contributed by atoms with Gasteiger partial charge in [-0.25, -0.2) is 9.55 Å². The van der Waals surface area contributed by atoms with Crippen molar-refractivity contribution < 1.29 is 9.59 Å². The lowest BCUT2D eigenvalue weighted by atomic mass is 10.4. The first-order valence-corrected chi connectivity index (χ1v) is 6.00. The summed E-state index contributed by atoms with van der Waals surface area (Å²) in [6.07, 6.45) is 3.09. The van der Waals surface area contributed by atoms with Gasteiger partial charge >= 0.3 is 0 Å². The Morgan fingerprint density at radius 2 is 2.20 bits per heavy atom. The summed E-state index contributed by atoms with van der Waals surface area (Å²) in [4.78, 5) is 43.0. The monoisotopic (exact) mass is 278 g/mol. The van der Waals surface area contributed by atoms with Gasteiger partial charge in [0.05, 0.1) is 6.33 Å². The molecule has 0 atom stereocenters. The molecule has 1 saturated heterocycles. The fourth-order valence-corrected chi connectivity index (χ4v) is 1.77. The molecule has 1 aliphatic rings. The standard InChI is InChI=1S/C7H7N5O2.C4H7NO/c1-3(13)12-6(14)4-5(10-2-9-4)11-7(12)8;6-4-2-1-3-5-4/h2H,1H3,(H2,8,11)(H,9,10);1-3H2,(H,5,6). The number of nitrogens with zero attached hydrogens (tertiary/aromatic N) is 3. The number of nitrogens with two attached hydrogens (primary N) is 1. The highest BCUT2D eigenvalue weighted by atomic mass is 16.2. The molecular formula is C11H14N6O3. The van der Waals surface area contributed by atoms with Crippen LogP contribution >= 0.6 is 0 Å². The minimum Gasteiger partial charge on any atom is -0.369 e. The van der Waals surface area contributed by atoms with Crippen molar-refractivity contribution in [3.63, 3.8) is 0 Å². The maximum absolute atomic E-state index is 11.6. The van der Waals surface area contributed by atoms with Gasteiger partial charge in [-0.1, -0.05) is 0 Å². The number of hydrogen-bond donors (Lipinski definition) is 3. The van der Waals surface area contributed by atoms with Gasteiger partial charge in [0, 0.05) is 19.9 Å². The van der Waals surface area contributed by atoms with Crippen molar-refractivity contribution >= 4 is 28.9 Å². The van der Waals surface area contributed by atoms with Crippen LogP contribution in [0.5, 0.6) is 0 Å². The molecule has 3 heterocycles. The topological polar surface area (TPSA) is 136 Å². The molecule has 0 aromatic carbocycles. The van der Waals surface area contributed by atoms with E-state index in [0.29, 0.717) is 0 Å². The minimum atomic E-state index is -0.554. The first-order valence-electron chi connectivity index (χ1n) is 6.00. The summed E-state index contributed by atoms with van der Waals surface area (Å²) in [7, 11) is 0. The summed E-state index contributed by atoms with van der Waals surface area (Å²) >= 11 is 0. The molecule has 0 radical (unpaired) electrons. The van der Waals surface area contributed by atoms with Gasteiger partial charge in [0.25, 0.3) is 5.56 Å². The molecule has 0 unspecified atom stereocenters. The molecule has 1 aliphatic heterocycles. The number of nitrogens with one attached hydrogen (secondary N) is 2. The van der Waals surface area contributed by atoms with Crippen LogP contribution in [0.25, 0.3) is 11.2 Å². The Kier molecular flexibility index (Phi) is 3.78. The van der Waals surface area contributed by atoms with Gasteiger partial charge in [-0.2, -0.15) is 4.98 Å². The normalized spacial score (nSPS) is 13.8. The second-order valence-corrected chi connectivity index (χ2v) is 4.18. The van der Waals surface area contributed by atoms with E-state index in [4.69, 9.17) is 5.73 Å². The molecule has 20 heavy (non-hydrogen) atoms. The van der Waals surface area contributed by atoms with Crippen LogP contribution in [0.4, 0.5) is 5.95 Å². The number of amides is 1. The average molecular weight is 278 g/mol. The molecule has 9 nitrogen and oxygen atoms in total. The number of nitrogen functional groups attached to an aromatic ring is 1. The summed E-state index contributed by atoms with van der Waals surface area (Å²) in [6, 6.07) is 0. The van der Waals surface area contributed by atoms with Crippen molar-refractivity contribution in [1.29, 1.82) is 0 Å². The Hall–Kier alpha value is -2.71. The summed E-state index contributed by atoms with van der Waals surface area (Å²) in [6.45, 7) is 2.12. The Morgan fingerprint density at radius 3 is 2.70 bits per heavy atom. The van der Waals surface area contributed by atoms with Gasteiger partial charge in [-0.15, -0.1) is 0 Å². The van der Waals surface area contributed by atoms with Crippen LogP contribution in [0, 0.1) is 0 Å². The molecular weight excluding hydrogens is 264 g/mol. The highest BCUT2D eigenvalue weighted by molar-refractivity contribution is 5.82. The average Bonchev–Trinajstić information content (AvgIpc) is 3.00. The molecule has 1 fully saturated rings. The fourth-order valence-electron chi connectivity index (χ4n) is 1.77. The van der Waals surface area contributed by atoms with Crippen LogP contribution in [0.15, 0.2) is 11.1 Å². The summed E-state index contributed by atoms with van der Waals surface area (Å²) < 4.78 is 0.781. The zero-order valence-electron chi connectivity index (χ0n) is 10.8. The number of rotatable bonds is 0. The third-order valence-electron chi connectivity index (χ3n) is 2.70. The summed E-state index contributed by atoms with van der Waals surface area (Å²) in [5.41, 5.74) is 5.26. The maximum Gasteiger partial charge on any atom is 0.289 e. The zero-order chi connectivity index (χ0) is 14.7. The van der Waals surface area contributed by atoms with E-state index in [1.54, 1.807) is 0 Å². The van der Waals surface area contributed by atoms with Crippen molar-refractivity contribution in [2.75, 3.05) is 12.3 Å². The summed E-state index contributed by atoms with van der Waals surface area (Å²) in [5.74, 6) is -0.417. The second kappa shape index (κ2) is 5.51. The lowest BCUT2D eigenvalue weighted by Gasteiger charge is -2.02. The number of aromatic amines is 1. The third-order valence-corrected chi connectivity index (χ3v) is 2.70. The Balaban J connectivity index is 0.000000205. The highest BCUT2D eigenvalue weighted by Gasteiger charge is 2.12. The molecule has 0 saturated carbocycles. The van der Waals surface area contributed by atoms with Gasteiger partial charge in [0.1, 0.15) is 0 Å². The second-order valence-electron chi connectivity index (χ2n) is 4.18. The lowest BCUT2D eigenvalue weighted by Crippen LogP contribution is -2.28. The van der Waals surface area contributed by atoms with E-state index < -0.39 is 11.5 Å². The quantitative estimate of drug-likeness (QED) is 0.580. The fraction of sp³-hybridized carbons (Fsp3) is 0.364. The molecule has 3 rings (SSSR count). The number of imidazole rings is 1. The number of aromatic nitrogens is 4. The molecule has 0 spiro atoms. The predicted molar refractivity (Wildman–Crippen MR) is 71.1 cm³/mol. The SMILES string of the molecule is CC(=O)n1c(N)nc2[nH]cnc2c1=O.O=C1CCCN1. The third kappa shape index (κ3) is 2.66. The van der Waals surface area contributed by atoms with E-state index in [0.717, 1.165) is 24.0 Å². The largest absolute Gasteiger partial charge is 0.369 e. The Bertz CT molecular complexity index is 709. The van der Waals surface area contributed by atoms with Crippen molar-refractivity contribution in [1.82, 2.24) is 24.8 Å². The van der Waals surface area contributed by atoms with E-state index >= 15 is 0 Å². The number of H-pyrrole nitrogens is 1. The number of carbonyl (C=O) groups excluding carboxylic acids is 2. The van der Waals surface area contributed by atoms with Gasteiger partial charge in [-0.3, -0.25) is 14.4 Å². The van der Waals surface area contributed by atoms with Crippen LogP contribution < -0.4 is 16.6 Å². The van der Waals surface area contributed by atoms with Crippen LogP contribution in [0.1, 0.15) is 24.6 Å². The van der Waals surface area contributed by atoms with Crippen LogP contribution in [-0.2, 0) is 4.79 Å². The van der Waals surface area contributed by atoms with Gasteiger partial charge in [-0.05, 0) is 6.42 Å². The maximum atomic E-state index is 11.6. The lowest BCUT2D eigenvalue weighted by molar-refractivity contribution is -0.119. The number of fused-ring (bicyclic) bond motifs is 1. The molecule has 2 aromatic rings. The van der Waals surface area contributed by atoms with Crippen molar-refractivity contribution in [2.45, 2.75) is 19.8 Å². The zero-order valence-corrected chi connectivity index (χ0v) is 10.8. The van der Waals surface area contributed by atoms with Crippen molar-refractivity contribution in [3.05, 3.63) is 16.7 Å². The van der Waals surface area contributed by atoms with Gasteiger partial charge < -0.3 is 16.0 Å².